The zero-order valence-corrected chi connectivity index (χ0v) is 14.9. The normalized spacial score (nSPS) is 12.4. The van der Waals surface area contributed by atoms with Gasteiger partial charge in [0.1, 0.15) is 11.2 Å². The van der Waals surface area contributed by atoms with E-state index in [1.807, 2.05) is 6.07 Å². The largest absolute Gasteiger partial charge is 0.456 e. The van der Waals surface area contributed by atoms with E-state index in [0.29, 0.717) is 0 Å². The molecular weight excluding hydrogens is 328 g/mol. The van der Waals surface area contributed by atoms with Crippen LogP contribution in [0.1, 0.15) is 22.3 Å². The molecule has 6 rings (SSSR count). The van der Waals surface area contributed by atoms with Gasteiger partial charge in [-0.25, -0.2) is 0 Å². The summed E-state index contributed by atoms with van der Waals surface area (Å²) in [7, 11) is 0. The fraction of sp³-hybridized carbons (Fsp3) is 0.0769. The summed E-state index contributed by atoms with van der Waals surface area (Å²) in [4.78, 5) is 0. The molecule has 1 aliphatic rings. The van der Waals surface area contributed by atoms with Crippen molar-refractivity contribution in [2.24, 2.45) is 0 Å². The van der Waals surface area contributed by atoms with Gasteiger partial charge in [-0.1, -0.05) is 72.8 Å². The summed E-state index contributed by atoms with van der Waals surface area (Å²) >= 11 is 0. The zero-order valence-electron chi connectivity index (χ0n) is 14.9. The van der Waals surface area contributed by atoms with E-state index in [0.717, 1.165) is 24.0 Å². The van der Waals surface area contributed by atoms with Crippen LogP contribution in [0.4, 0.5) is 0 Å². The van der Waals surface area contributed by atoms with Crippen molar-refractivity contribution < 1.29 is 4.42 Å². The molecule has 4 aromatic carbocycles. The minimum Gasteiger partial charge on any atom is -0.456 e. The van der Waals surface area contributed by atoms with Gasteiger partial charge >= 0.3 is 0 Å². The Morgan fingerprint density at radius 1 is 0.630 bits per heavy atom. The zero-order chi connectivity index (χ0) is 17.8. The smallest absolute Gasteiger partial charge is 0.135 e. The minimum absolute atomic E-state index is 0.929. The lowest BCUT2D eigenvalue weighted by Crippen LogP contribution is -1.95. The van der Waals surface area contributed by atoms with E-state index < -0.39 is 0 Å². The molecule has 27 heavy (non-hydrogen) atoms. The first-order valence-corrected chi connectivity index (χ1v) is 9.47. The van der Waals surface area contributed by atoms with Gasteiger partial charge in [0, 0.05) is 10.8 Å². The molecule has 1 aromatic heterocycles. The topological polar surface area (TPSA) is 13.1 Å². The SMILES string of the molecule is c1ccc2c(c1)Cc1c(Cc3cccc4oc5ccccc5c34)cccc1-2. The van der Waals surface area contributed by atoms with Crippen LogP contribution in [-0.4, -0.2) is 0 Å². The summed E-state index contributed by atoms with van der Waals surface area (Å²) in [5.74, 6) is 0. The Labute approximate surface area is 157 Å². The van der Waals surface area contributed by atoms with E-state index in [-0.39, 0.29) is 0 Å². The van der Waals surface area contributed by atoms with Gasteiger partial charge in [-0.15, -0.1) is 0 Å². The molecule has 0 amide bonds. The van der Waals surface area contributed by atoms with Crippen LogP contribution in [0.25, 0.3) is 33.1 Å². The van der Waals surface area contributed by atoms with Crippen LogP contribution in [0.3, 0.4) is 0 Å². The van der Waals surface area contributed by atoms with Crippen molar-refractivity contribution in [2.75, 3.05) is 0 Å². The summed E-state index contributed by atoms with van der Waals surface area (Å²) < 4.78 is 6.07. The predicted molar refractivity (Wildman–Crippen MR) is 111 cm³/mol. The van der Waals surface area contributed by atoms with Crippen molar-refractivity contribution in [3.63, 3.8) is 0 Å². The summed E-state index contributed by atoms with van der Waals surface area (Å²) in [6.07, 6.45) is 1.96. The highest BCUT2D eigenvalue weighted by atomic mass is 16.3. The minimum atomic E-state index is 0.929. The van der Waals surface area contributed by atoms with Gasteiger partial charge < -0.3 is 4.42 Å². The second-order valence-electron chi connectivity index (χ2n) is 7.34. The first kappa shape index (κ1) is 14.8. The van der Waals surface area contributed by atoms with Crippen LogP contribution < -0.4 is 0 Å². The van der Waals surface area contributed by atoms with E-state index >= 15 is 0 Å². The van der Waals surface area contributed by atoms with Gasteiger partial charge in [-0.3, -0.25) is 0 Å². The van der Waals surface area contributed by atoms with Crippen molar-refractivity contribution in [1.82, 2.24) is 0 Å². The molecule has 0 bridgehead atoms. The lowest BCUT2D eigenvalue weighted by atomic mass is 9.94. The van der Waals surface area contributed by atoms with Gasteiger partial charge in [0.15, 0.2) is 0 Å². The lowest BCUT2D eigenvalue weighted by molar-refractivity contribution is 0.668. The van der Waals surface area contributed by atoms with Gasteiger partial charge in [-0.2, -0.15) is 0 Å². The fourth-order valence-electron chi connectivity index (χ4n) is 4.59. The molecule has 5 aromatic rings. The predicted octanol–water partition coefficient (Wildman–Crippen LogP) is 6.75. The average Bonchev–Trinajstić information content (AvgIpc) is 3.27. The van der Waals surface area contributed by atoms with Crippen molar-refractivity contribution in [3.8, 4) is 11.1 Å². The Morgan fingerprint density at radius 2 is 1.37 bits per heavy atom. The molecule has 0 radical (unpaired) electrons. The maximum absolute atomic E-state index is 6.07. The Morgan fingerprint density at radius 3 is 2.37 bits per heavy atom. The lowest BCUT2D eigenvalue weighted by Gasteiger charge is -2.10. The fourth-order valence-corrected chi connectivity index (χ4v) is 4.59. The number of furan rings is 1. The highest BCUT2D eigenvalue weighted by molar-refractivity contribution is 6.06. The van der Waals surface area contributed by atoms with Crippen LogP contribution in [0.15, 0.2) is 89.3 Å². The number of benzene rings is 4. The Balaban J connectivity index is 1.52. The summed E-state index contributed by atoms with van der Waals surface area (Å²) in [5, 5.41) is 2.46. The van der Waals surface area contributed by atoms with E-state index in [2.05, 4.69) is 78.9 Å². The highest BCUT2D eigenvalue weighted by Gasteiger charge is 2.21. The summed E-state index contributed by atoms with van der Waals surface area (Å²) in [6.45, 7) is 0. The number of fused-ring (bicyclic) bond motifs is 6. The summed E-state index contributed by atoms with van der Waals surface area (Å²) in [5.41, 5.74) is 10.4. The van der Waals surface area contributed by atoms with Crippen LogP contribution in [0.2, 0.25) is 0 Å². The molecule has 0 saturated carbocycles. The van der Waals surface area contributed by atoms with Gasteiger partial charge in [0.05, 0.1) is 0 Å². The standard InChI is InChI=1S/C26H18O/c1-2-10-20-18(7-1)16-23-17(8-5-12-21(20)23)15-19-9-6-14-25-26(19)22-11-3-4-13-24(22)27-25/h1-14H,15-16H2. The third-order valence-corrected chi connectivity index (χ3v) is 5.82. The highest BCUT2D eigenvalue weighted by Crippen LogP contribution is 2.39. The second kappa shape index (κ2) is 5.59. The number of hydrogen-bond acceptors (Lipinski definition) is 1. The molecule has 0 saturated heterocycles. The quantitative estimate of drug-likeness (QED) is 0.338. The molecule has 1 heteroatoms. The van der Waals surface area contributed by atoms with Crippen molar-refractivity contribution >= 4 is 21.9 Å². The third kappa shape index (κ3) is 2.18. The van der Waals surface area contributed by atoms with Crippen molar-refractivity contribution in [2.45, 2.75) is 12.8 Å². The maximum Gasteiger partial charge on any atom is 0.135 e. The molecular formula is C26H18O. The Kier molecular flexibility index (Phi) is 3.06. The number of rotatable bonds is 2. The molecule has 0 N–H and O–H groups in total. The molecule has 1 aliphatic carbocycles. The monoisotopic (exact) mass is 346 g/mol. The molecule has 0 aliphatic heterocycles. The van der Waals surface area contributed by atoms with Crippen LogP contribution in [-0.2, 0) is 12.8 Å². The molecule has 1 heterocycles. The van der Waals surface area contributed by atoms with E-state index in [4.69, 9.17) is 4.42 Å². The van der Waals surface area contributed by atoms with E-state index in [1.54, 1.807) is 0 Å². The Hall–Kier alpha value is -3.32. The van der Waals surface area contributed by atoms with Crippen LogP contribution in [0.5, 0.6) is 0 Å². The number of hydrogen-bond donors (Lipinski definition) is 0. The first-order chi connectivity index (χ1) is 13.4. The average molecular weight is 346 g/mol. The van der Waals surface area contributed by atoms with Crippen molar-refractivity contribution in [3.05, 3.63) is 107 Å². The molecule has 0 spiro atoms. The maximum atomic E-state index is 6.07. The second-order valence-corrected chi connectivity index (χ2v) is 7.34. The summed E-state index contributed by atoms with van der Waals surface area (Å²) in [6, 6.07) is 30.3. The molecule has 0 atom stereocenters. The van der Waals surface area contributed by atoms with E-state index in [1.165, 1.54) is 44.2 Å². The molecule has 0 unspecified atom stereocenters. The molecule has 0 fully saturated rings. The Bertz CT molecular complexity index is 1320. The first-order valence-electron chi connectivity index (χ1n) is 9.47. The molecule has 1 nitrogen and oxygen atoms in total. The third-order valence-electron chi connectivity index (χ3n) is 5.82. The number of para-hydroxylation sites is 1. The van der Waals surface area contributed by atoms with Crippen LogP contribution in [0, 0.1) is 0 Å². The van der Waals surface area contributed by atoms with E-state index in [9.17, 15) is 0 Å². The van der Waals surface area contributed by atoms with Gasteiger partial charge in [-0.05, 0) is 58.4 Å². The van der Waals surface area contributed by atoms with Gasteiger partial charge in [0.25, 0.3) is 0 Å². The van der Waals surface area contributed by atoms with Crippen molar-refractivity contribution in [1.29, 1.82) is 0 Å². The molecule has 128 valence electrons. The van der Waals surface area contributed by atoms with Crippen LogP contribution >= 0.6 is 0 Å². The van der Waals surface area contributed by atoms with Gasteiger partial charge in [0.2, 0.25) is 0 Å².